The molecule has 0 fully saturated rings. The molecule has 0 saturated heterocycles. The van der Waals surface area contributed by atoms with E-state index in [0.29, 0.717) is 43.4 Å². The van der Waals surface area contributed by atoms with Gasteiger partial charge < -0.3 is 14.0 Å². The average Bonchev–Trinajstić information content (AvgIpc) is 3.52. The zero-order valence-corrected chi connectivity index (χ0v) is 25.3. The third-order valence-corrected chi connectivity index (χ3v) is 8.27. The van der Waals surface area contributed by atoms with Crippen LogP contribution in [0.2, 0.25) is 5.02 Å². The van der Waals surface area contributed by atoms with Crippen LogP contribution in [-0.4, -0.2) is 28.8 Å². The predicted molar refractivity (Wildman–Crippen MR) is 161 cm³/mol. The van der Waals surface area contributed by atoms with Gasteiger partial charge in [-0.25, -0.2) is 9.79 Å². The number of allylic oxidation sites excluding steroid dienone is 1. The quantitative estimate of drug-likeness (QED) is 0.229. The highest BCUT2D eigenvalue weighted by molar-refractivity contribution is 9.10. The van der Waals surface area contributed by atoms with Crippen molar-refractivity contribution in [3.8, 4) is 11.4 Å². The lowest BCUT2D eigenvalue weighted by Gasteiger charge is -2.27. The minimum atomic E-state index is -0.769. The number of aromatic nitrogens is 2. The van der Waals surface area contributed by atoms with Crippen molar-refractivity contribution in [2.75, 3.05) is 13.7 Å². The Balaban J connectivity index is 1.76. The second kappa shape index (κ2) is 12.0. The van der Waals surface area contributed by atoms with E-state index in [9.17, 15) is 9.59 Å². The first kappa shape index (κ1) is 28.1. The van der Waals surface area contributed by atoms with Crippen molar-refractivity contribution >= 4 is 50.9 Å². The zero-order valence-electron chi connectivity index (χ0n) is 22.2. The maximum absolute atomic E-state index is 14.1. The van der Waals surface area contributed by atoms with Gasteiger partial charge in [-0.3, -0.25) is 9.36 Å². The predicted octanol–water partition coefficient (Wildman–Crippen LogP) is 5.79. The second-order valence-electron chi connectivity index (χ2n) is 9.08. The van der Waals surface area contributed by atoms with Crippen LogP contribution in [0.25, 0.3) is 11.8 Å². The molecule has 0 radical (unpaired) electrons. The van der Waals surface area contributed by atoms with Crippen LogP contribution < -0.4 is 19.6 Å². The number of halogens is 2. The summed E-state index contributed by atoms with van der Waals surface area (Å²) in [5.74, 6) is 0.0616. The van der Waals surface area contributed by atoms with E-state index in [1.54, 1.807) is 18.6 Å². The Kier molecular flexibility index (Phi) is 8.44. The molecule has 2 aromatic heterocycles. The number of esters is 1. The van der Waals surface area contributed by atoms with E-state index in [1.165, 1.54) is 11.3 Å². The molecule has 40 heavy (non-hydrogen) atoms. The average molecular weight is 641 g/mol. The Hall–Kier alpha value is -3.40. The highest BCUT2D eigenvalue weighted by Crippen LogP contribution is 2.38. The van der Waals surface area contributed by atoms with Gasteiger partial charge in [-0.1, -0.05) is 52.2 Å². The summed E-state index contributed by atoms with van der Waals surface area (Å²) in [7, 11) is 1.57. The first-order valence-corrected chi connectivity index (χ1v) is 14.8. The molecule has 0 amide bonds. The van der Waals surface area contributed by atoms with E-state index in [0.717, 1.165) is 22.3 Å². The molecule has 1 aliphatic rings. The van der Waals surface area contributed by atoms with Crippen LogP contribution in [0.3, 0.4) is 0 Å². The molecule has 10 heteroatoms. The van der Waals surface area contributed by atoms with Gasteiger partial charge in [0.05, 0.1) is 29.5 Å². The number of hydrogen-bond acceptors (Lipinski definition) is 6. The molecular formula is C30H27BrClN3O4S. The molecule has 1 aliphatic heterocycles. The van der Waals surface area contributed by atoms with Crippen molar-refractivity contribution < 1.29 is 14.3 Å². The fourth-order valence-electron chi connectivity index (χ4n) is 4.82. The number of carbonyl (C=O) groups excluding carboxylic acids is 1. The fraction of sp³-hybridized carbons (Fsp3) is 0.233. The van der Waals surface area contributed by atoms with Gasteiger partial charge >= 0.3 is 5.97 Å². The number of thiazole rings is 1. The van der Waals surface area contributed by atoms with Gasteiger partial charge in [0.25, 0.3) is 5.56 Å². The number of methoxy groups -OCH3 is 1. The molecule has 206 valence electrons. The van der Waals surface area contributed by atoms with Crippen molar-refractivity contribution in [1.29, 1.82) is 0 Å². The summed E-state index contributed by atoms with van der Waals surface area (Å²) in [5.41, 5.74) is 3.12. The van der Waals surface area contributed by atoms with Gasteiger partial charge in [0.1, 0.15) is 11.8 Å². The molecule has 0 saturated carbocycles. The lowest BCUT2D eigenvalue weighted by atomic mass is 9.93. The summed E-state index contributed by atoms with van der Waals surface area (Å²) < 4.78 is 16.0. The SMILES string of the molecule is CCCC1=C(C(=O)OCC)[C@@H](c2cc(Br)ccc2OC)n2c(s/c(=C/c3cccn3-c3ccc(Cl)cc3)c2=O)=N1. The zero-order chi connectivity index (χ0) is 28.4. The molecule has 3 heterocycles. The fourth-order valence-corrected chi connectivity index (χ4v) is 6.33. The Bertz CT molecular complexity index is 1790. The molecule has 0 N–H and O–H groups in total. The third kappa shape index (κ3) is 5.33. The summed E-state index contributed by atoms with van der Waals surface area (Å²) in [5, 5.41) is 0.647. The molecule has 0 aliphatic carbocycles. The van der Waals surface area contributed by atoms with Gasteiger partial charge in [0.15, 0.2) is 4.80 Å². The molecule has 1 atom stereocenters. The van der Waals surface area contributed by atoms with Gasteiger partial charge in [0, 0.05) is 32.6 Å². The topological polar surface area (TPSA) is 74.8 Å². The molecule has 2 aromatic carbocycles. The number of benzene rings is 2. The lowest BCUT2D eigenvalue weighted by molar-refractivity contribution is -0.139. The van der Waals surface area contributed by atoms with Crippen LogP contribution in [0, 0.1) is 0 Å². The van der Waals surface area contributed by atoms with E-state index in [-0.39, 0.29) is 12.2 Å². The van der Waals surface area contributed by atoms with Gasteiger partial charge in [-0.15, -0.1) is 0 Å². The molecule has 5 rings (SSSR count). The normalized spacial score (nSPS) is 15.1. The number of hydrogen-bond donors (Lipinski definition) is 0. The summed E-state index contributed by atoms with van der Waals surface area (Å²) >= 11 is 10.9. The Morgan fingerprint density at radius 1 is 1.18 bits per heavy atom. The van der Waals surface area contributed by atoms with Crippen molar-refractivity contribution in [2.45, 2.75) is 32.7 Å². The number of rotatable bonds is 8. The summed E-state index contributed by atoms with van der Waals surface area (Å²) in [6.45, 7) is 3.99. The molecule has 7 nitrogen and oxygen atoms in total. The molecular weight excluding hydrogens is 614 g/mol. The van der Waals surface area contributed by atoms with Crippen LogP contribution in [0.4, 0.5) is 0 Å². The Labute approximate surface area is 248 Å². The van der Waals surface area contributed by atoms with Crippen LogP contribution in [0.5, 0.6) is 5.75 Å². The van der Waals surface area contributed by atoms with E-state index in [4.69, 9.17) is 26.1 Å². The van der Waals surface area contributed by atoms with Gasteiger partial charge in [-0.2, -0.15) is 0 Å². The largest absolute Gasteiger partial charge is 0.496 e. The van der Waals surface area contributed by atoms with E-state index >= 15 is 0 Å². The van der Waals surface area contributed by atoms with Gasteiger partial charge in [-0.05, 0) is 74.0 Å². The maximum atomic E-state index is 14.1. The van der Waals surface area contributed by atoms with E-state index in [2.05, 4.69) is 15.9 Å². The number of ether oxygens (including phenoxy) is 2. The monoisotopic (exact) mass is 639 g/mol. The second-order valence-corrected chi connectivity index (χ2v) is 11.4. The Morgan fingerprint density at radius 2 is 1.95 bits per heavy atom. The molecule has 0 unspecified atom stereocenters. The number of nitrogens with zero attached hydrogens (tertiary/aromatic N) is 3. The summed E-state index contributed by atoms with van der Waals surface area (Å²) in [6.07, 6.45) is 5.11. The van der Waals surface area contributed by atoms with Crippen LogP contribution in [-0.2, 0) is 9.53 Å². The molecule has 0 bridgehead atoms. The highest BCUT2D eigenvalue weighted by atomic mass is 79.9. The van der Waals surface area contributed by atoms with Crippen molar-refractivity contribution in [3.05, 3.63) is 113 Å². The summed E-state index contributed by atoms with van der Waals surface area (Å²) in [4.78, 5) is 32.9. The van der Waals surface area contributed by atoms with Crippen molar-refractivity contribution in [1.82, 2.24) is 9.13 Å². The Morgan fingerprint density at radius 3 is 2.65 bits per heavy atom. The maximum Gasteiger partial charge on any atom is 0.338 e. The van der Waals surface area contributed by atoms with Crippen LogP contribution in [0.15, 0.2) is 86.3 Å². The molecule has 0 spiro atoms. The van der Waals surface area contributed by atoms with Crippen LogP contribution in [0.1, 0.15) is 44.0 Å². The van der Waals surface area contributed by atoms with E-state index < -0.39 is 12.0 Å². The minimum Gasteiger partial charge on any atom is -0.496 e. The van der Waals surface area contributed by atoms with E-state index in [1.807, 2.05) is 78.4 Å². The molecule has 4 aromatic rings. The minimum absolute atomic E-state index is 0.205. The first-order valence-electron chi connectivity index (χ1n) is 12.8. The number of carbonyl (C=O) groups is 1. The smallest absolute Gasteiger partial charge is 0.338 e. The highest BCUT2D eigenvalue weighted by Gasteiger charge is 2.36. The number of fused-ring (bicyclic) bond motifs is 1. The van der Waals surface area contributed by atoms with Crippen LogP contribution >= 0.6 is 38.9 Å². The van der Waals surface area contributed by atoms with Crippen molar-refractivity contribution in [3.63, 3.8) is 0 Å². The summed E-state index contributed by atoms with van der Waals surface area (Å²) in [6, 6.07) is 16.1. The van der Waals surface area contributed by atoms with Gasteiger partial charge in [0.2, 0.25) is 0 Å². The third-order valence-electron chi connectivity index (χ3n) is 6.54. The van der Waals surface area contributed by atoms with Crippen molar-refractivity contribution in [2.24, 2.45) is 4.99 Å². The standard InChI is InChI=1S/C30H27BrClN3O4S/c1-4-7-23-26(29(37)39-5-2)27(22-16-18(31)9-14-24(22)38-3)35-28(36)25(40-30(35)33-23)17-21-8-6-15-34(21)20-12-10-19(32)11-13-20/h6,8-17,27H,4-5,7H2,1-3H3/b25-17+/t27-/m1/s1. The lowest BCUT2D eigenvalue weighted by Crippen LogP contribution is -2.40. The first-order chi connectivity index (χ1) is 19.4.